The van der Waals surface area contributed by atoms with Gasteiger partial charge in [0.1, 0.15) is 0 Å². The number of fused-ring (bicyclic) bond motifs is 8. The first kappa shape index (κ1) is 12.9. The SMILES string of the molecule is [2H]c1c([2H])c(-c2c([2H])c([2H])c3c(-c4c([2H])c([2H])c5c([2H])c([2H])c([2H])c([2H])c5c4[2H])nc(-n4c5c([2H])c([2H])c([2H])c([2H])c5c5c([2H])c(-n6c7c([2H])c([2H])c([2H])c([2H])c7c7c([2H])c([2H])c([2H])c([2H])c76)c([2H])c([2H])c54)nc3c2[2H])c([2H])c([2H])c1C. The summed E-state index contributed by atoms with van der Waals surface area (Å²) < 4.78 is 264. The summed E-state index contributed by atoms with van der Waals surface area (Å²) in [7, 11) is 0. The van der Waals surface area contributed by atoms with Gasteiger partial charge in [0.15, 0.2) is 0 Å². The first-order valence-electron chi connectivity index (χ1n) is 30.2. The van der Waals surface area contributed by atoms with Gasteiger partial charge < -0.3 is 4.57 Å². The Hall–Kier alpha value is -7.04. The Balaban J connectivity index is 1.41. The molecule has 0 radical (unpaired) electrons. The third kappa shape index (κ3) is 4.62. The maximum absolute atomic E-state index is 10.0. The van der Waals surface area contributed by atoms with Crippen molar-refractivity contribution in [3.63, 3.8) is 0 Å². The molecule has 0 saturated carbocycles. The largest absolute Gasteiger partial charge is 0.309 e. The number of hydrogen-bond donors (Lipinski definition) is 0. The maximum atomic E-state index is 10.0. The van der Waals surface area contributed by atoms with Gasteiger partial charge in [0.2, 0.25) is 5.95 Å². The van der Waals surface area contributed by atoms with Crippen LogP contribution in [0.15, 0.2) is 175 Å². The van der Waals surface area contributed by atoms with Crippen LogP contribution in [-0.4, -0.2) is 19.1 Å². The summed E-state index contributed by atoms with van der Waals surface area (Å²) in [5.41, 5.74) is -7.25. The summed E-state index contributed by atoms with van der Waals surface area (Å²) in [5, 5.41) is -4.13. The van der Waals surface area contributed by atoms with E-state index in [1.54, 1.807) is 0 Å². The van der Waals surface area contributed by atoms with Crippen molar-refractivity contribution in [2.75, 3.05) is 0 Å². The molecule has 11 rings (SSSR count). The third-order valence-electron chi connectivity index (χ3n) is 8.54. The van der Waals surface area contributed by atoms with E-state index in [2.05, 4.69) is 9.97 Å². The lowest BCUT2D eigenvalue weighted by atomic mass is 9.99. The molecule has 0 unspecified atom stereocenters. The lowest BCUT2D eigenvalue weighted by Crippen LogP contribution is -2.04. The first-order valence-corrected chi connectivity index (χ1v) is 15.7. The fourth-order valence-electron chi connectivity index (χ4n) is 6.20. The average molecular weight is 706 g/mol. The molecule has 0 fully saturated rings. The zero-order valence-corrected chi connectivity index (χ0v) is 26.8. The van der Waals surface area contributed by atoms with Crippen molar-refractivity contribution in [1.82, 2.24) is 19.1 Å². The van der Waals surface area contributed by atoms with Crippen molar-refractivity contribution in [2.24, 2.45) is 0 Å². The number of rotatable bonds is 4. The van der Waals surface area contributed by atoms with Crippen LogP contribution in [0.4, 0.5) is 0 Å². The van der Waals surface area contributed by atoms with E-state index in [0.29, 0.717) is 0 Å². The number of para-hydroxylation sites is 3. The zero-order valence-electron chi connectivity index (χ0n) is 55.8. The van der Waals surface area contributed by atoms with Crippen molar-refractivity contribution >= 4 is 65.3 Å². The third-order valence-corrected chi connectivity index (χ3v) is 8.54. The normalized spacial score (nSPS) is 19.5. The zero-order chi connectivity index (χ0) is 60.3. The molecule has 0 bridgehead atoms. The van der Waals surface area contributed by atoms with Crippen LogP contribution in [0.3, 0.4) is 0 Å². The van der Waals surface area contributed by atoms with Crippen LogP contribution >= 0.6 is 0 Å². The number of nitrogens with zero attached hydrogens (tertiary/aromatic N) is 4. The molecule has 53 heavy (non-hydrogen) atoms. The highest BCUT2D eigenvalue weighted by Crippen LogP contribution is 2.38. The van der Waals surface area contributed by atoms with Crippen LogP contribution in [0.5, 0.6) is 0 Å². The number of hydrogen-bond acceptors (Lipinski definition) is 2. The first-order chi connectivity index (χ1) is 38.3. The summed E-state index contributed by atoms with van der Waals surface area (Å²) >= 11 is 0. The molecule has 8 aromatic carbocycles. The van der Waals surface area contributed by atoms with Gasteiger partial charge in [-0.05, 0) is 83.2 Å². The van der Waals surface area contributed by atoms with Crippen molar-refractivity contribution in [3.05, 3.63) is 181 Å². The van der Waals surface area contributed by atoms with Gasteiger partial charge in [-0.3, -0.25) is 4.57 Å². The highest BCUT2D eigenvalue weighted by molar-refractivity contribution is 6.12. The van der Waals surface area contributed by atoms with Gasteiger partial charge in [0.25, 0.3) is 0 Å². The second kappa shape index (κ2) is 11.5. The summed E-state index contributed by atoms with van der Waals surface area (Å²) in [6, 6.07) is -25.2. The van der Waals surface area contributed by atoms with Crippen LogP contribution in [0.2, 0.25) is 0 Å². The molecular weight excluding hydrogens is 645 g/mol. The molecule has 3 aromatic heterocycles. The second-order valence-electron chi connectivity index (χ2n) is 11.6. The monoisotopic (exact) mass is 705 g/mol. The predicted molar refractivity (Wildman–Crippen MR) is 221 cm³/mol. The molecule has 4 nitrogen and oxygen atoms in total. The Kier molecular flexibility index (Phi) is 2.79. The Morgan fingerprint density at radius 3 is 1.74 bits per heavy atom. The molecule has 0 spiro atoms. The molecule has 0 N–H and O–H groups in total. The lowest BCUT2D eigenvalue weighted by molar-refractivity contribution is 1.01. The highest BCUT2D eigenvalue weighted by Gasteiger charge is 2.20. The summed E-state index contributed by atoms with van der Waals surface area (Å²) in [6.07, 6.45) is 0. The topological polar surface area (TPSA) is 35.6 Å². The summed E-state index contributed by atoms with van der Waals surface area (Å²) in [5.74, 6) is -0.923. The minimum absolute atomic E-state index is 0.123. The van der Waals surface area contributed by atoms with E-state index in [1.807, 2.05) is 0 Å². The molecule has 0 aliphatic carbocycles. The van der Waals surface area contributed by atoms with Crippen molar-refractivity contribution in [2.45, 2.75) is 6.92 Å². The molecule has 248 valence electrons. The van der Waals surface area contributed by atoms with E-state index in [1.165, 1.54) is 6.92 Å². The Morgan fingerprint density at radius 1 is 0.415 bits per heavy atom. The predicted octanol–water partition coefficient (Wildman–Crippen LogP) is 12.6. The Morgan fingerprint density at radius 2 is 1.00 bits per heavy atom. The molecular formula is C49H32N4. The molecule has 0 aliphatic rings. The molecule has 0 amide bonds. The van der Waals surface area contributed by atoms with Gasteiger partial charge in [-0.2, -0.15) is 0 Å². The van der Waals surface area contributed by atoms with Gasteiger partial charge in [-0.1, -0.05) is 126 Å². The van der Waals surface area contributed by atoms with Crippen LogP contribution in [0.1, 0.15) is 45.3 Å². The van der Waals surface area contributed by atoms with Crippen LogP contribution in [0, 0.1) is 6.92 Å². The summed E-state index contributed by atoms with van der Waals surface area (Å²) in [6.45, 7) is 1.29. The summed E-state index contributed by atoms with van der Waals surface area (Å²) in [4.78, 5) is 9.23. The highest BCUT2D eigenvalue weighted by atomic mass is 15.2. The van der Waals surface area contributed by atoms with Crippen LogP contribution in [-0.2, 0) is 0 Å². The molecule has 3 heterocycles. The molecule has 0 saturated heterocycles. The quantitative estimate of drug-likeness (QED) is 0.183. The minimum Gasteiger partial charge on any atom is -0.309 e. The standard InChI is InChI=1S/C49H32N4/c1-31-18-20-33(21-19-31)35-24-26-41-43(29-35)50-49(51-48(41)36-23-22-32-10-2-3-11-34(32)28-36)53-46-17-9-6-14-40(46)42-30-37(25-27-47(42)53)52-44-15-7-4-12-38(44)39-13-5-8-16-45(39)52/h2-30H,1H3/i2D,3D,4D,5D,6D,7D,8D,9D,10D,11D,12D,13D,14D,15D,16D,17D,18D,19D,20D,21D,22D,23D,24D,25D,26D,27D,28D,29D,30D. The average Bonchev–Trinajstić information content (AvgIpc) is 3.96. The fourth-order valence-corrected chi connectivity index (χ4v) is 6.20. The van der Waals surface area contributed by atoms with Crippen LogP contribution < -0.4 is 0 Å². The van der Waals surface area contributed by atoms with Gasteiger partial charge in [0.05, 0.1) is 73.0 Å². The molecule has 4 heteroatoms. The second-order valence-corrected chi connectivity index (χ2v) is 11.6. The fraction of sp³-hybridized carbons (Fsp3) is 0.0204. The van der Waals surface area contributed by atoms with Crippen LogP contribution in [0.25, 0.3) is 99.3 Å². The molecule has 0 atom stereocenters. The number of benzene rings is 8. The van der Waals surface area contributed by atoms with E-state index in [-0.39, 0.29) is 5.56 Å². The maximum Gasteiger partial charge on any atom is 0.235 e. The molecule has 0 aliphatic heterocycles. The van der Waals surface area contributed by atoms with Gasteiger partial charge in [0, 0.05) is 38.2 Å². The number of aromatic nitrogens is 4. The Labute approximate surface area is 346 Å². The smallest absolute Gasteiger partial charge is 0.235 e. The molecule has 11 aromatic rings. The van der Waals surface area contributed by atoms with E-state index in [4.69, 9.17) is 26.0 Å². The van der Waals surface area contributed by atoms with E-state index in [0.717, 1.165) is 9.13 Å². The Bertz CT molecular complexity index is 4820. The van der Waals surface area contributed by atoms with E-state index >= 15 is 0 Å². The van der Waals surface area contributed by atoms with Gasteiger partial charge in [-0.25, -0.2) is 9.97 Å². The van der Waals surface area contributed by atoms with Gasteiger partial charge >= 0.3 is 0 Å². The minimum atomic E-state index is -1.04. The van der Waals surface area contributed by atoms with Crippen molar-refractivity contribution in [3.8, 4) is 34.0 Å². The van der Waals surface area contributed by atoms with E-state index in [9.17, 15) is 13.7 Å². The lowest BCUT2D eigenvalue weighted by Gasteiger charge is -2.14. The van der Waals surface area contributed by atoms with Crippen molar-refractivity contribution in [1.29, 1.82) is 0 Å². The van der Waals surface area contributed by atoms with Gasteiger partial charge in [-0.15, -0.1) is 0 Å². The van der Waals surface area contributed by atoms with Crippen molar-refractivity contribution < 1.29 is 39.8 Å². The van der Waals surface area contributed by atoms with E-state index < -0.39 is 275 Å².